The zero-order valence-corrected chi connectivity index (χ0v) is 20.2. The third kappa shape index (κ3) is 5.96. The van der Waals surface area contributed by atoms with Gasteiger partial charge in [-0.3, -0.25) is 0 Å². The number of carboxylic acid groups (broad SMARTS) is 1. The maximum absolute atomic E-state index is 11.8. The second-order valence-corrected chi connectivity index (χ2v) is 9.11. The predicted octanol–water partition coefficient (Wildman–Crippen LogP) is 6.37. The molecule has 0 aliphatic rings. The lowest BCUT2D eigenvalue weighted by Crippen LogP contribution is -1.96. The fourth-order valence-corrected chi connectivity index (χ4v) is 4.30. The number of benzene rings is 2. The van der Waals surface area contributed by atoms with Crippen LogP contribution in [-0.2, 0) is 4.79 Å². The number of rotatable bonds is 9. The monoisotopic (exact) mass is 516 g/mol. The van der Waals surface area contributed by atoms with Gasteiger partial charge in [0, 0.05) is 27.6 Å². The van der Waals surface area contributed by atoms with Crippen LogP contribution in [0.4, 0.5) is 0 Å². The lowest BCUT2D eigenvalue weighted by Gasteiger charge is -2.05. The van der Waals surface area contributed by atoms with Crippen LogP contribution in [0, 0.1) is 0 Å². The maximum atomic E-state index is 11.8. The topological polar surface area (TPSA) is 108 Å². The highest BCUT2D eigenvalue weighted by atomic mass is 35.5. The minimum Gasteiger partial charge on any atom is -0.497 e. The Bertz CT molecular complexity index is 1310. The smallest absolute Gasteiger partial charge is 0.342 e. The van der Waals surface area contributed by atoms with E-state index in [1.807, 2.05) is 12.1 Å². The van der Waals surface area contributed by atoms with Crippen LogP contribution in [0.3, 0.4) is 0 Å². The molecule has 0 amide bonds. The van der Waals surface area contributed by atoms with Crippen molar-refractivity contribution in [2.45, 2.75) is 15.2 Å². The van der Waals surface area contributed by atoms with E-state index in [1.165, 1.54) is 32.1 Å². The van der Waals surface area contributed by atoms with E-state index in [2.05, 4.69) is 10.2 Å². The first-order valence-electron chi connectivity index (χ1n) is 9.66. The Kier molecular flexibility index (Phi) is 7.51. The van der Waals surface area contributed by atoms with Crippen molar-refractivity contribution >= 4 is 47.2 Å². The number of hydrogen-bond donors (Lipinski definition) is 1. The Hall–Kier alpha value is -3.34. The molecule has 0 aliphatic carbocycles. The van der Waals surface area contributed by atoms with Crippen molar-refractivity contribution in [3.63, 3.8) is 0 Å². The molecule has 174 valence electrons. The van der Waals surface area contributed by atoms with Crippen molar-refractivity contribution in [2.24, 2.45) is 0 Å². The van der Waals surface area contributed by atoms with E-state index >= 15 is 0 Å². The number of thioether (sulfide) groups is 1. The number of carboxylic acids is 1. The minimum absolute atomic E-state index is 0.0455. The van der Waals surface area contributed by atoms with Gasteiger partial charge in [-0.1, -0.05) is 23.4 Å². The molecule has 4 rings (SSSR count). The van der Waals surface area contributed by atoms with Crippen LogP contribution in [0.2, 0.25) is 5.02 Å². The second kappa shape index (κ2) is 10.7. The van der Waals surface area contributed by atoms with Crippen LogP contribution in [0.1, 0.15) is 5.76 Å². The quantitative estimate of drug-likeness (QED) is 0.199. The van der Waals surface area contributed by atoms with Crippen molar-refractivity contribution in [2.75, 3.05) is 14.2 Å². The van der Waals surface area contributed by atoms with Crippen LogP contribution in [-0.4, -0.2) is 35.5 Å². The Morgan fingerprint density at radius 3 is 2.35 bits per heavy atom. The van der Waals surface area contributed by atoms with Gasteiger partial charge in [-0.05, 0) is 60.3 Å². The van der Waals surface area contributed by atoms with Gasteiger partial charge in [0.25, 0.3) is 5.22 Å². The van der Waals surface area contributed by atoms with Crippen molar-refractivity contribution in [3.05, 3.63) is 70.3 Å². The summed E-state index contributed by atoms with van der Waals surface area (Å²) in [5, 5.41) is 18.9. The molecular weight excluding hydrogens is 500 g/mol. The molecule has 0 radical (unpaired) electrons. The van der Waals surface area contributed by atoms with Crippen molar-refractivity contribution < 1.29 is 28.2 Å². The minimum atomic E-state index is -1.16. The Labute approximate surface area is 207 Å². The first-order chi connectivity index (χ1) is 16.4. The highest BCUT2D eigenvalue weighted by Gasteiger charge is 2.18. The Morgan fingerprint density at radius 2 is 1.71 bits per heavy atom. The van der Waals surface area contributed by atoms with E-state index in [0.29, 0.717) is 32.9 Å². The van der Waals surface area contributed by atoms with Gasteiger partial charge < -0.3 is 23.4 Å². The largest absolute Gasteiger partial charge is 0.497 e. The summed E-state index contributed by atoms with van der Waals surface area (Å²) in [4.78, 5) is 12.7. The molecule has 2 aromatic carbocycles. The number of furan rings is 1. The van der Waals surface area contributed by atoms with Crippen molar-refractivity contribution in [1.82, 2.24) is 10.2 Å². The van der Waals surface area contributed by atoms with Crippen LogP contribution in [0.15, 0.2) is 83.5 Å². The van der Waals surface area contributed by atoms with Gasteiger partial charge in [-0.15, -0.1) is 10.2 Å². The van der Waals surface area contributed by atoms with Gasteiger partial charge in [0.05, 0.1) is 14.2 Å². The summed E-state index contributed by atoms with van der Waals surface area (Å²) in [7, 11) is 3.07. The number of aliphatic carboxylic acids is 1. The van der Waals surface area contributed by atoms with Gasteiger partial charge in [0.1, 0.15) is 22.2 Å². The Balaban J connectivity index is 1.51. The number of nitrogens with zero attached hydrogens (tertiary/aromatic N) is 2. The first-order valence-corrected chi connectivity index (χ1v) is 11.7. The van der Waals surface area contributed by atoms with E-state index in [9.17, 15) is 9.90 Å². The SMILES string of the molecule is COc1cc(OC)cc(-c2nnc(S/C(=C\c3ccc(Sc4ccc(Cl)cc4)o3)C(=O)O)o2)c1. The van der Waals surface area contributed by atoms with E-state index in [4.69, 9.17) is 29.9 Å². The average molecular weight is 517 g/mol. The number of halogens is 1. The molecule has 34 heavy (non-hydrogen) atoms. The summed E-state index contributed by atoms with van der Waals surface area (Å²) in [5.74, 6) is 0.523. The molecule has 0 spiro atoms. The molecule has 0 saturated carbocycles. The molecule has 0 aliphatic heterocycles. The van der Waals surface area contributed by atoms with Gasteiger partial charge >= 0.3 is 5.97 Å². The standard InChI is InChI=1S/C23H17ClN2O6S2/c1-29-16-9-13(10-17(11-16)30-2)21-25-26-23(32-21)34-19(22(27)28)12-15-5-8-20(31-15)33-18-6-3-14(24)4-7-18/h3-12H,1-2H3,(H,27,28)/b19-12-. The fourth-order valence-electron chi connectivity index (χ4n) is 2.74. The number of aromatic nitrogens is 2. The molecule has 4 aromatic rings. The van der Waals surface area contributed by atoms with Crippen LogP contribution < -0.4 is 9.47 Å². The summed E-state index contributed by atoms with van der Waals surface area (Å²) in [5.41, 5.74) is 0.575. The molecule has 1 N–H and O–H groups in total. The first kappa shape index (κ1) is 23.8. The number of ether oxygens (including phenoxy) is 2. The third-order valence-corrected chi connectivity index (χ3v) is 6.35. The highest BCUT2D eigenvalue weighted by molar-refractivity contribution is 8.03. The number of methoxy groups -OCH3 is 2. The molecule has 8 nitrogen and oxygen atoms in total. The molecule has 0 saturated heterocycles. The highest BCUT2D eigenvalue weighted by Crippen LogP contribution is 2.34. The number of hydrogen-bond acceptors (Lipinski definition) is 9. The van der Waals surface area contributed by atoms with Crippen molar-refractivity contribution in [3.8, 4) is 23.0 Å². The fraction of sp³-hybridized carbons (Fsp3) is 0.0870. The summed E-state index contributed by atoms with van der Waals surface area (Å²) < 4.78 is 21.9. The molecule has 0 atom stereocenters. The third-order valence-electron chi connectivity index (χ3n) is 4.32. The predicted molar refractivity (Wildman–Crippen MR) is 129 cm³/mol. The van der Waals surface area contributed by atoms with Gasteiger partial charge in [0.15, 0.2) is 5.09 Å². The van der Waals surface area contributed by atoms with E-state index in [-0.39, 0.29) is 16.0 Å². The lowest BCUT2D eigenvalue weighted by molar-refractivity contribution is -0.131. The van der Waals surface area contributed by atoms with E-state index in [0.717, 1.165) is 16.7 Å². The Morgan fingerprint density at radius 1 is 1.00 bits per heavy atom. The summed E-state index contributed by atoms with van der Waals surface area (Å²) in [6, 6.07) is 15.9. The van der Waals surface area contributed by atoms with Gasteiger partial charge in [-0.2, -0.15) is 0 Å². The van der Waals surface area contributed by atoms with Crippen molar-refractivity contribution in [1.29, 1.82) is 0 Å². The van der Waals surface area contributed by atoms with Gasteiger partial charge in [0.2, 0.25) is 5.89 Å². The van der Waals surface area contributed by atoms with E-state index < -0.39 is 5.97 Å². The molecule has 0 unspecified atom stereocenters. The molecular formula is C23H17ClN2O6S2. The summed E-state index contributed by atoms with van der Waals surface area (Å²) >= 11 is 8.12. The zero-order valence-electron chi connectivity index (χ0n) is 17.9. The molecule has 2 aromatic heterocycles. The average Bonchev–Trinajstić information content (AvgIpc) is 3.49. The maximum Gasteiger partial charge on any atom is 0.342 e. The van der Waals surface area contributed by atoms with Crippen LogP contribution in [0.25, 0.3) is 17.5 Å². The van der Waals surface area contributed by atoms with Crippen LogP contribution >= 0.6 is 35.1 Å². The zero-order chi connectivity index (χ0) is 24.1. The van der Waals surface area contributed by atoms with Crippen LogP contribution in [0.5, 0.6) is 11.5 Å². The second-order valence-electron chi connectivity index (χ2n) is 6.60. The lowest BCUT2D eigenvalue weighted by atomic mass is 10.2. The normalized spacial score (nSPS) is 11.4. The summed E-state index contributed by atoms with van der Waals surface area (Å²) in [6.07, 6.45) is 1.40. The van der Waals surface area contributed by atoms with Gasteiger partial charge in [-0.25, -0.2) is 4.79 Å². The molecule has 11 heteroatoms. The molecule has 0 fully saturated rings. The van der Waals surface area contributed by atoms with E-state index in [1.54, 1.807) is 42.5 Å². The molecule has 0 bridgehead atoms. The number of carbonyl (C=O) groups is 1. The summed E-state index contributed by atoms with van der Waals surface area (Å²) in [6.45, 7) is 0. The molecule has 2 heterocycles.